The first-order valence-electron chi connectivity index (χ1n) is 6.44. The normalized spacial score (nSPS) is 10.6. The number of carbonyl (C=O) groups is 1. The molecule has 3 rings (SSSR count). The highest BCUT2D eigenvalue weighted by Gasteiger charge is 2.08. The summed E-state index contributed by atoms with van der Waals surface area (Å²) >= 11 is 1.63. The maximum Gasteiger partial charge on any atom is 0.213 e. The Morgan fingerprint density at radius 3 is 2.62 bits per heavy atom. The molecule has 0 saturated heterocycles. The van der Waals surface area contributed by atoms with Gasteiger partial charge in [-0.05, 0) is 42.5 Å². The Kier molecular flexibility index (Phi) is 3.58. The van der Waals surface area contributed by atoms with Crippen LogP contribution in [-0.2, 0) is 4.79 Å². The predicted molar refractivity (Wildman–Crippen MR) is 86.1 cm³/mol. The van der Waals surface area contributed by atoms with Gasteiger partial charge >= 0.3 is 0 Å². The van der Waals surface area contributed by atoms with Crippen LogP contribution >= 0.6 is 11.3 Å². The lowest BCUT2D eigenvalue weighted by molar-refractivity contribution is -0.107. The molecule has 4 nitrogen and oxygen atoms in total. The molecule has 0 spiro atoms. The Balaban J connectivity index is 1.98. The Morgan fingerprint density at radius 2 is 1.95 bits per heavy atom. The van der Waals surface area contributed by atoms with Gasteiger partial charge in [-0.3, -0.25) is 4.79 Å². The van der Waals surface area contributed by atoms with Crippen LogP contribution < -0.4 is 9.64 Å². The number of anilines is 1. The van der Waals surface area contributed by atoms with Gasteiger partial charge in [0.15, 0.2) is 0 Å². The molecule has 0 unspecified atom stereocenters. The topological polar surface area (TPSA) is 42.4 Å². The Hall–Kier alpha value is -2.40. The van der Waals surface area contributed by atoms with Crippen molar-refractivity contribution in [3.63, 3.8) is 0 Å². The largest absolute Gasteiger partial charge is 0.497 e. The van der Waals surface area contributed by atoms with E-state index in [4.69, 9.17) is 4.74 Å². The van der Waals surface area contributed by atoms with Crippen LogP contribution in [-0.4, -0.2) is 25.6 Å². The van der Waals surface area contributed by atoms with Crippen LogP contribution in [0.1, 0.15) is 0 Å². The third kappa shape index (κ3) is 2.60. The number of thiazole rings is 1. The number of nitrogens with zero attached hydrogens (tertiary/aromatic N) is 2. The van der Waals surface area contributed by atoms with E-state index in [9.17, 15) is 4.79 Å². The summed E-state index contributed by atoms with van der Waals surface area (Å²) in [5.41, 5.74) is 2.86. The first kappa shape index (κ1) is 13.6. The second kappa shape index (κ2) is 5.54. The average Bonchev–Trinajstić information content (AvgIpc) is 2.97. The summed E-state index contributed by atoms with van der Waals surface area (Å²) in [6.07, 6.45) is 0.791. The fourth-order valence-corrected chi connectivity index (χ4v) is 3.05. The van der Waals surface area contributed by atoms with E-state index < -0.39 is 0 Å². The number of hydrogen-bond acceptors (Lipinski definition) is 4. The van der Waals surface area contributed by atoms with Crippen molar-refractivity contribution in [2.75, 3.05) is 19.1 Å². The summed E-state index contributed by atoms with van der Waals surface area (Å²) in [5.74, 6) is 0.834. The third-order valence-electron chi connectivity index (χ3n) is 3.28. The van der Waals surface area contributed by atoms with Crippen LogP contribution in [0.25, 0.3) is 20.8 Å². The van der Waals surface area contributed by atoms with Crippen molar-refractivity contribution in [2.45, 2.75) is 0 Å². The van der Waals surface area contributed by atoms with E-state index in [1.165, 1.54) is 4.90 Å². The molecule has 0 atom stereocenters. The molecule has 2 aromatic carbocycles. The molecule has 3 aromatic rings. The van der Waals surface area contributed by atoms with E-state index in [1.807, 2.05) is 42.5 Å². The minimum absolute atomic E-state index is 0.791. The highest BCUT2D eigenvalue weighted by Crippen LogP contribution is 2.32. The van der Waals surface area contributed by atoms with E-state index in [0.717, 1.165) is 38.6 Å². The minimum Gasteiger partial charge on any atom is -0.497 e. The highest BCUT2D eigenvalue weighted by atomic mass is 32.1. The fraction of sp³-hybridized carbons (Fsp3) is 0.125. The minimum atomic E-state index is 0.791. The van der Waals surface area contributed by atoms with Crippen LogP contribution in [0, 0.1) is 0 Å². The Morgan fingerprint density at radius 1 is 1.19 bits per heavy atom. The number of fused-ring (bicyclic) bond motifs is 1. The molecule has 0 aliphatic heterocycles. The monoisotopic (exact) mass is 298 g/mol. The molecular formula is C16H14N2O2S. The van der Waals surface area contributed by atoms with Crippen LogP contribution in [0.3, 0.4) is 0 Å². The van der Waals surface area contributed by atoms with Crippen molar-refractivity contribution < 1.29 is 9.53 Å². The van der Waals surface area contributed by atoms with Crippen molar-refractivity contribution in [1.82, 2.24) is 4.98 Å². The number of amides is 1. The third-order valence-corrected chi connectivity index (χ3v) is 4.34. The number of ether oxygens (including phenoxy) is 1. The molecule has 0 radical (unpaired) electrons. The van der Waals surface area contributed by atoms with Gasteiger partial charge in [0, 0.05) is 18.3 Å². The van der Waals surface area contributed by atoms with Crippen molar-refractivity contribution in [1.29, 1.82) is 0 Å². The van der Waals surface area contributed by atoms with E-state index in [-0.39, 0.29) is 0 Å². The first-order chi connectivity index (χ1) is 10.2. The van der Waals surface area contributed by atoms with Crippen LogP contribution in [0.15, 0.2) is 42.5 Å². The van der Waals surface area contributed by atoms with Gasteiger partial charge in [0.2, 0.25) is 6.41 Å². The van der Waals surface area contributed by atoms with E-state index in [1.54, 1.807) is 25.5 Å². The molecule has 0 saturated carbocycles. The van der Waals surface area contributed by atoms with Gasteiger partial charge in [0.05, 0.1) is 17.3 Å². The van der Waals surface area contributed by atoms with Gasteiger partial charge in [-0.15, -0.1) is 11.3 Å². The predicted octanol–water partition coefficient (Wildman–Crippen LogP) is 3.56. The maximum absolute atomic E-state index is 10.7. The molecule has 0 aliphatic rings. The molecule has 0 N–H and O–H groups in total. The summed E-state index contributed by atoms with van der Waals surface area (Å²) in [7, 11) is 3.39. The number of aromatic nitrogens is 1. The average molecular weight is 298 g/mol. The van der Waals surface area contributed by atoms with Gasteiger partial charge < -0.3 is 9.64 Å². The summed E-state index contributed by atoms with van der Waals surface area (Å²) in [6, 6.07) is 13.6. The molecular weight excluding hydrogens is 284 g/mol. The van der Waals surface area contributed by atoms with Gasteiger partial charge in [-0.2, -0.15) is 0 Å². The number of hydrogen-bond donors (Lipinski definition) is 0. The zero-order valence-corrected chi connectivity index (χ0v) is 12.6. The number of rotatable bonds is 4. The molecule has 5 heteroatoms. The maximum atomic E-state index is 10.7. The lowest BCUT2D eigenvalue weighted by Gasteiger charge is -2.10. The zero-order valence-electron chi connectivity index (χ0n) is 11.7. The lowest BCUT2D eigenvalue weighted by Crippen LogP contribution is -2.13. The lowest BCUT2D eigenvalue weighted by atomic mass is 10.2. The quantitative estimate of drug-likeness (QED) is 0.692. The number of benzene rings is 2. The van der Waals surface area contributed by atoms with Gasteiger partial charge in [0.25, 0.3) is 0 Å². The molecule has 0 aliphatic carbocycles. The van der Waals surface area contributed by atoms with Gasteiger partial charge in [-0.25, -0.2) is 4.98 Å². The molecule has 21 heavy (non-hydrogen) atoms. The van der Waals surface area contributed by atoms with Gasteiger partial charge in [0.1, 0.15) is 10.8 Å². The van der Waals surface area contributed by atoms with Crippen molar-refractivity contribution in [3.05, 3.63) is 42.5 Å². The van der Waals surface area contributed by atoms with E-state index in [0.29, 0.717) is 0 Å². The smallest absolute Gasteiger partial charge is 0.213 e. The number of carbonyl (C=O) groups excluding carboxylic acids is 1. The molecule has 1 amide bonds. The molecule has 0 fully saturated rings. The second-order valence-electron chi connectivity index (χ2n) is 4.62. The molecule has 1 aromatic heterocycles. The van der Waals surface area contributed by atoms with E-state index in [2.05, 4.69) is 4.98 Å². The summed E-state index contributed by atoms with van der Waals surface area (Å²) in [4.78, 5) is 16.9. The van der Waals surface area contributed by atoms with Crippen molar-refractivity contribution >= 4 is 33.7 Å². The second-order valence-corrected chi connectivity index (χ2v) is 5.65. The van der Waals surface area contributed by atoms with Crippen LogP contribution in [0.4, 0.5) is 5.69 Å². The standard InChI is InChI=1S/C16H14N2O2S/c1-18(10-19)12-5-3-11(4-6-12)16-17-14-8-7-13(20-2)9-15(14)21-16/h3-10H,1-2H3. The van der Waals surface area contributed by atoms with Crippen LogP contribution in [0.5, 0.6) is 5.75 Å². The Bertz CT molecular complexity index is 781. The highest BCUT2D eigenvalue weighted by molar-refractivity contribution is 7.21. The zero-order chi connectivity index (χ0) is 14.8. The fourth-order valence-electron chi connectivity index (χ4n) is 2.06. The summed E-state index contributed by atoms with van der Waals surface area (Å²) in [6.45, 7) is 0. The summed E-state index contributed by atoms with van der Waals surface area (Å²) in [5, 5.41) is 0.957. The summed E-state index contributed by atoms with van der Waals surface area (Å²) < 4.78 is 6.33. The number of methoxy groups -OCH3 is 1. The Labute approximate surface area is 126 Å². The van der Waals surface area contributed by atoms with Crippen LogP contribution in [0.2, 0.25) is 0 Å². The van der Waals surface area contributed by atoms with Gasteiger partial charge in [-0.1, -0.05) is 0 Å². The van der Waals surface area contributed by atoms with Crippen molar-refractivity contribution in [3.8, 4) is 16.3 Å². The molecule has 1 heterocycles. The SMILES string of the molecule is COc1ccc2nc(-c3ccc(N(C)C=O)cc3)sc2c1. The first-order valence-corrected chi connectivity index (χ1v) is 7.26. The molecule has 0 bridgehead atoms. The molecule has 106 valence electrons. The van der Waals surface area contributed by atoms with E-state index >= 15 is 0 Å². The van der Waals surface area contributed by atoms with Crippen molar-refractivity contribution in [2.24, 2.45) is 0 Å².